The third kappa shape index (κ3) is 3.65. The highest BCUT2D eigenvalue weighted by Gasteiger charge is 2.30. The van der Waals surface area contributed by atoms with Gasteiger partial charge in [0.15, 0.2) is 0 Å². The molecule has 6 heteroatoms. The molecule has 0 saturated heterocycles. The molecule has 2 amide bonds. The highest BCUT2D eigenvalue weighted by atomic mass is 16.6. The molecule has 2 rings (SSSR count). The Labute approximate surface area is 124 Å². The minimum Gasteiger partial charge on any atom is -0.444 e. The molecule has 0 aromatic heterocycles. The maximum atomic E-state index is 12.4. The van der Waals surface area contributed by atoms with Gasteiger partial charge >= 0.3 is 6.09 Å². The van der Waals surface area contributed by atoms with Crippen molar-refractivity contribution in [1.29, 1.82) is 0 Å². The van der Waals surface area contributed by atoms with Gasteiger partial charge in [-0.15, -0.1) is 0 Å². The van der Waals surface area contributed by atoms with Gasteiger partial charge in [-0.1, -0.05) is 12.1 Å². The molecule has 6 nitrogen and oxygen atoms in total. The average molecular weight is 291 g/mol. The highest BCUT2D eigenvalue weighted by molar-refractivity contribution is 6.02. The van der Waals surface area contributed by atoms with Crippen LogP contribution in [0.2, 0.25) is 0 Å². The lowest BCUT2D eigenvalue weighted by atomic mass is 10.2. The molecule has 0 unspecified atom stereocenters. The van der Waals surface area contributed by atoms with Crippen LogP contribution in [0.1, 0.15) is 20.8 Å². The van der Waals surface area contributed by atoms with Gasteiger partial charge in [0.1, 0.15) is 11.6 Å². The van der Waals surface area contributed by atoms with Gasteiger partial charge in [0.2, 0.25) is 0 Å². The van der Waals surface area contributed by atoms with Gasteiger partial charge < -0.3 is 20.3 Å². The van der Waals surface area contributed by atoms with Crippen molar-refractivity contribution < 1.29 is 14.3 Å². The second-order valence-electron chi connectivity index (χ2n) is 5.99. The second kappa shape index (κ2) is 5.63. The summed E-state index contributed by atoms with van der Waals surface area (Å²) >= 11 is 0. The summed E-state index contributed by atoms with van der Waals surface area (Å²) in [7, 11) is 1.69. The van der Waals surface area contributed by atoms with Crippen LogP contribution in [-0.4, -0.2) is 37.2 Å². The largest absolute Gasteiger partial charge is 0.444 e. The fourth-order valence-electron chi connectivity index (χ4n) is 2.13. The lowest BCUT2D eigenvalue weighted by molar-refractivity contribution is -0.120. The minimum absolute atomic E-state index is 0.182. The number of hydrogen-bond donors (Lipinski definition) is 2. The van der Waals surface area contributed by atoms with E-state index >= 15 is 0 Å². The molecule has 1 heterocycles. The first-order chi connectivity index (χ1) is 9.78. The molecule has 1 aromatic carbocycles. The van der Waals surface area contributed by atoms with Gasteiger partial charge in [-0.25, -0.2) is 4.79 Å². The summed E-state index contributed by atoms with van der Waals surface area (Å²) in [5.41, 5.74) is 1.05. The van der Waals surface area contributed by atoms with E-state index < -0.39 is 17.7 Å². The number of alkyl carbamates (subject to hydrolysis) is 1. The molecule has 1 aliphatic heterocycles. The van der Waals surface area contributed by atoms with Gasteiger partial charge in [-0.3, -0.25) is 4.79 Å². The summed E-state index contributed by atoms with van der Waals surface area (Å²) in [5, 5.41) is 5.79. The quantitative estimate of drug-likeness (QED) is 0.830. The van der Waals surface area contributed by atoms with Crippen LogP contribution in [0.4, 0.5) is 16.2 Å². The molecule has 114 valence electrons. The van der Waals surface area contributed by atoms with Crippen LogP contribution in [-0.2, 0) is 9.53 Å². The molecule has 0 saturated carbocycles. The average Bonchev–Trinajstić information content (AvgIpc) is 2.50. The maximum Gasteiger partial charge on any atom is 0.408 e. The Hall–Kier alpha value is -2.24. The zero-order chi connectivity index (χ0) is 15.6. The first kappa shape index (κ1) is 15.2. The molecular formula is C15H21N3O3. The molecule has 2 N–H and O–H groups in total. The standard InChI is InChI=1S/C15H21N3O3/c1-15(2,3)21-14(20)17-11-9-16-10-7-5-6-8-12(10)18(4)13(11)19/h5-8,11,16H,9H2,1-4H3,(H,17,20)/t11-/m1/s1. The van der Waals surface area contributed by atoms with Crippen molar-refractivity contribution >= 4 is 23.4 Å². The number of benzene rings is 1. The predicted octanol–water partition coefficient (Wildman–Crippen LogP) is 1.97. The summed E-state index contributed by atoms with van der Waals surface area (Å²) in [5.74, 6) is -0.182. The van der Waals surface area contributed by atoms with Gasteiger partial charge in [0, 0.05) is 13.6 Å². The first-order valence-corrected chi connectivity index (χ1v) is 6.88. The Kier molecular flexibility index (Phi) is 4.06. The van der Waals surface area contributed by atoms with Crippen LogP contribution < -0.4 is 15.5 Å². The Morgan fingerprint density at radius 1 is 1.38 bits per heavy atom. The number of hydrogen-bond acceptors (Lipinski definition) is 4. The van der Waals surface area contributed by atoms with E-state index in [1.165, 1.54) is 4.90 Å². The fourth-order valence-corrected chi connectivity index (χ4v) is 2.13. The summed E-state index contributed by atoms with van der Waals surface area (Å²) in [4.78, 5) is 25.8. The lowest BCUT2D eigenvalue weighted by Gasteiger charge is -2.24. The van der Waals surface area contributed by atoms with Crippen LogP contribution in [0.15, 0.2) is 24.3 Å². The van der Waals surface area contributed by atoms with Crippen LogP contribution in [0.3, 0.4) is 0 Å². The second-order valence-corrected chi connectivity index (χ2v) is 5.99. The number of ether oxygens (including phenoxy) is 1. The van der Waals surface area contributed by atoms with Crippen molar-refractivity contribution in [2.45, 2.75) is 32.4 Å². The van der Waals surface area contributed by atoms with Crippen LogP contribution in [0.25, 0.3) is 0 Å². The van der Waals surface area contributed by atoms with Crippen molar-refractivity contribution in [2.24, 2.45) is 0 Å². The SMILES string of the molecule is CN1C(=O)[C@H](NC(=O)OC(C)(C)C)CNc2ccccc21. The smallest absolute Gasteiger partial charge is 0.408 e. The summed E-state index contributed by atoms with van der Waals surface area (Å²) < 4.78 is 5.19. The van der Waals surface area contributed by atoms with E-state index in [0.717, 1.165) is 11.4 Å². The Bertz CT molecular complexity index is 551. The van der Waals surface area contributed by atoms with Gasteiger partial charge in [0.05, 0.1) is 11.4 Å². The number of carbonyl (C=O) groups is 2. The molecule has 1 aliphatic rings. The molecular weight excluding hydrogens is 270 g/mol. The zero-order valence-electron chi connectivity index (χ0n) is 12.8. The molecule has 21 heavy (non-hydrogen) atoms. The number of nitrogens with one attached hydrogen (secondary N) is 2. The van der Waals surface area contributed by atoms with Crippen molar-refractivity contribution in [3.63, 3.8) is 0 Å². The van der Waals surface area contributed by atoms with Crippen molar-refractivity contribution in [3.05, 3.63) is 24.3 Å². The van der Waals surface area contributed by atoms with Gasteiger partial charge in [0.25, 0.3) is 5.91 Å². The Balaban J connectivity index is 2.11. The third-order valence-corrected chi connectivity index (χ3v) is 3.08. The third-order valence-electron chi connectivity index (χ3n) is 3.08. The van der Waals surface area contributed by atoms with E-state index in [0.29, 0.717) is 6.54 Å². The van der Waals surface area contributed by atoms with Crippen molar-refractivity contribution in [1.82, 2.24) is 5.32 Å². The number of nitrogens with zero attached hydrogens (tertiary/aromatic N) is 1. The number of carbonyl (C=O) groups excluding carboxylic acids is 2. The van der Waals surface area contributed by atoms with E-state index in [-0.39, 0.29) is 5.91 Å². The van der Waals surface area contributed by atoms with Gasteiger partial charge in [-0.2, -0.15) is 0 Å². The molecule has 1 aromatic rings. The fraction of sp³-hybridized carbons (Fsp3) is 0.467. The molecule has 1 atom stereocenters. The van der Waals surface area contributed by atoms with E-state index in [1.54, 1.807) is 27.8 Å². The molecule has 0 bridgehead atoms. The van der Waals surface area contributed by atoms with Crippen LogP contribution >= 0.6 is 0 Å². The number of anilines is 2. The van der Waals surface area contributed by atoms with Crippen molar-refractivity contribution in [2.75, 3.05) is 23.8 Å². The Morgan fingerprint density at radius 3 is 2.71 bits per heavy atom. The maximum absolute atomic E-state index is 12.4. The highest BCUT2D eigenvalue weighted by Crippen LogP contribution is 2.27. The minimum atomic E-state index is -0.669. The monoisotopic (exact) mass is 291 g/mol. The summed E-state index contributed by atoms with van der Waals surface area (Å²) in [6, 6.07) is 6.85. The van der Waals surface area contributed by atoms with Crippen molar-refractivity contribution in [3.8, 4) is 0 Å². The van der Waals surface area contributed by atoms with E-state index in [2.05, 4.69) is 10.6 Å². The topological polar surface area (TPSA) is 70.7 Å². The Morgan fingerprint density at radius 2 is 2.05 bits per heavy atom. The molecule has 0 fully saturated rings. The number of para-hydroxylation sites is 2. The van der Waals surface area contributed by atoms with Gasteiger partial charge in [-0.05, 0) is 32.9 Å². The number of amides is 2. The van der Waals surface area contributed by atoms with Crippen LogP contribution in [0.5, 0.6) is 0 Å². The number of likely N-dealkylation sites (N-methyl/N-ethyl adjacent to an activating group) is 1. The van der Waals surface area contributed by atoms with Crippen LogP contribution in [0, 0.1) is 0 Å². The number of rotatable bonds is 1. The zero-order valence-corrected chi connectivity index (χ0v) is 12.8. The van der Waals surface area contributed by atoms with E-state index in [4.69, 9.17) is 4.74 Å². The molecule has 0 aliphatic carbocycles. The molecule has 0 radical (unpaired) electrons. The predicted molar refractivity (Wildman–Crippen MR) is 81.5 cm³/mol. The normalized spacial score (nSPS) is 18.4. The van der Waals surface area contributed by atoms with E-state index in [9.17, 15) is 9.59 Å². The molecule has 0 spiro atoms. The lowest BCUT2D eigenvalue weighted by Crippen LogP contribution is -2.50. The number of fused-ring (bicyclic) bond motifs is 1. The van der Waals surface area contributed by atoms with E-state index in [1.807, 2.05) is 24.3 Å². The summed E-state index contributed by atoms with van der Waals surface area (Å²) in [6.45, 7) is 5.66. The summed E-state index contributed by atoms with van der Waals surface area (Å²) in [6.07, 6.45) is -0.595. The first-order valence-electron chi connectivity index (χ1n) is 6.88.